The van der Waals surface area contributed by atoms with E-state index in [9.17, 15) is 13.2 Å². The molecule has 1 nitrogen and oxygen atoms in total. The minimum atomic E-state index is -4.35. The van der Waals surface area contributed by atoms with Crippen LogP contribution in [0, 0.1) is 6.92 Å². The van der Waals surface area contributed by atoms with Crippen LogP contribution in [0.15, 0.2) is 42.5 Å². The van der Waals surface area contributed by atoms with E-state index in [0.717, 1.165) is 23.3 Å². The molecule has 2 aromatic carbocycles. The number of aryl methyl sites for hydroxylation is 1. The fraction of sp³-hybridized carbons (Fsp3) is 0.250. The molecule has 112 valence electrons. The lowest BCUT2D eigenvalue weighted by atomic mass is 9.96. The van der Waals surface area contributed by atoms with E-state index in [1.807, 2.05) is 19.1 Å². The van der Waals surface area contributed by atoms with E-state index in [2.05, 4.69) is 5.32 Å². The number of hydrogen-bond donors (Lipinski definition) is 1. The Kier molecular flexibility index (Phi) is 4.59. The van der Waals surface area contributed by atoms with Crippen molar-refractivity contribution < 1.29 is 13.2 Å². The Balaban J connectivity index is 2.46. The first-order valence-electron chi connectivity index (χ1n) is 6.43. The van der Waals surface area contributed by atoms with Crippen LogP contribution < -0.4 is 5.32 Å². The highest BCUT2D eigenvalue weighted by molar-refractivity contribution is 6.30. The third-order valence-electron chi connectivity index (χ3n) is 3.23. The van der Waals surface area contributed by atoms with Crippen molar-refractivity contribution in [3.63, 3.8) is 0 Å². The molecule has 0 aliphatic carbocycles. The van der Waals surface area contributed by atoms with E-state index in [1.54, 1.807) is 19.2 Å². The molecule has 0 bridgehead atoms. The molecule has 1 atom stereocenters. The summed E-state index contributed by atoms with van der Waals surface area (Å²) < 4.78 is 38.5. The van der Waals surface area contributed by atoms with Crippen LogP contribution in [-0.2, 0) is 6.18 Å². The van der Waals surface area contributed by atoms with Gasteiger partial charge >= 0.3 is 6.18 Å². The molecular formula is C16H15ClF3N. The smallest absolute Gasteiger partial charge is 0.309 e. The molecule has 1 N–H and O–H groups in total. The summed E-state index contributed by atoms with van der Waals surface area (Å²) >= 11 is 6.03. The lowest BCUT2D eigenvalue weighted by Gasteiger charge is -2.19. The number of halogens is 4. The maximum Gasteiger partial charge on any atom is 0.416 e. The van der Waals surface area contributed by atoms with Gasteiger partial charge < -0.3 is 5.32 Å². The number of alkyl halides is 3. The summed E-state index contributed by atoms with van der Waals surface area (Å²) in [6.07, 6.45) is -4.35. The minimum absolute atomic E-state index is 0.343. The summed E-state index contributed by atoms with van der Waals surface area (Å²) in [7, 11) is 1.71. The quantitative estimate of drug-likeness (QED) is 0.843. The van der Waals surface area contributed by atoms with Gasteiger partial charge in [0.1, 0.15) is 0 Å². The summed E-state index contributed by atoms with van der Waals surface area (Å²) in [4.78, 5) is 0. The highest BCUT2D eigenvalue weighted by Gasteiger charge is 2.31. The largest absolute Gasteiger partial charge is 0.416 e. The first kappa shape index (κ1) is 15.9. The molecular weight excluding hydrogens is 299 g/mol. The lowest BCUT2D eigenvalue weighted by molar-refractivity contribution is -0.137. The number of rotatable bonds is 3. The average Bonchev–Trinajstić information content (AvgIpc) is 2.38. The van der Waals surface area contributed by atoms with Gasteiger partial charge in [-0.2, -0.15) is 13.2 Å². The van der Waals surface area contributed by atoms with Crippen molar-refractivity contribution in [3.8, 4) is 0 Å². The van der Waals surface area contributed by atoms with Crippen LogP contribution in [0.3, 0.4) is 0 Å². The zero-order valence-electron chi connectivity index (χ0n) is 11.6. The lowest BCUT2D eigenvalue weighted by Crippen LogP contribution is -2.18. The summed E-state index contributed by atoms with van der Waals surface area (Å²) in [6, 6.07) is 10.5. The second-order valence-corrected chi connectivity index (χ2v) is 5.34. The Bertz CT molecular complexity index is 617. The molecule has 0 aromatic heterocycles. The van der Waals surface area contributed by atoms with E-state index in [-0.39, 0.29) is 6.04 Å². The number of nitrogens with one attached hydrogen (secondary N) is 1. The number of hydrogen-bond acceptors (Lipinski definition) is 1. The normalized spacial score (nSPS) is 13.2. The minimum Gasteiger partial charge on any atom is -0.309 e. The summed E-state index contributed by atoms with van der Waals surface area (Å²) in [5.74, 6) is 0. The van der Waals surface area contributed by atoms with Crippen LogP contribution in [0.1, 0.15) is 28.3 Å². The van der Waals surface area contributed by atoms with Crippen molar-refractivity contribution in [2.24, 2.45) is 0 Å². The highest BCUT2D eigenvalue weighted by Crippen LogP contribution is 2.32. The molecule has 0 aliphatic heterocycles. The molecule has 1 unspecified atom stereocenters. The summed E-state index contributed by atoms with van der Waals surface area (Å²) in [6.45, 7) is 1.90. The molecule has 0 radical (unpaired) electrons. The molecule has 0 amide bonds. The summed E-state index contributed by atoms with van der Waals surface area (Å²) in [5, 5.41) is 3.61. The van der Waals surface area contributed by atoms with Crippen LogP contribution >= 0.6 is 11.6 Å². The maximum atomic E-state index is 12.8. The van der Waals surface area contributed by atoms with Gasteiger partial charge in [0, 0.05) is 5.02 Å². The van der Waals surface area contributed by atoms with Crippen LogP contribution in [0.2, 0.25) is 5.02 Å². The van der Waals surface area contributed by atoms with E-state index in [1.165, 1.54) is 6.07 Å². The Morgan fingerprint density at radius 2 is 1.76 bits per heavy atom. The van der Waals surface area contributed by atoms with Crippen LogP contribution in [0.5, 0.6) is 0 Å². The standard InChI is InChI=1S/C16H15ClF3N/c1-10-6-12(9-14(17)7-10)15(21-2)11-4-3-5-13(8-11)16(18,19)20/h3-9,15,21H,1-2H3. The van der Waals surface area contributed by atoms with Gasteiger partial charge in [0.2, 0.25) is 0 Å². The van der Waals surface area contributed by atoms with Crippen LogP contribution in [-0.4, -0.2) is 7.05 Å². The zero-order chi connectivity index (χ0) is 15.6. The Hall–Kier alpha value is -1.52. The van der Waals surface area contributed by atoms with E-state index in [0.29, 0.717) is 10.6 Å². The molecule has 0 aliphatic rings. The van der Waals surface area contributed by atoms with Crippen molar-refractivity contribution >= 4 is 11.6 Å². The van der Waals surface area contributed by atoms with E-state index in [4.69, 9.17) is 11.6 Å². The Morgan fingerprint density at radius 1 is 1.05 bits per heavy atom. The average molecular weight is 314 g/mol. The molecule has 21 heavy (non-hydrogen) atoms. The zero-order valence-corrected chi connectivity index (χ0v) is 12.4. The monoisotopic (exact) mass is 313 g/mol. The predicted molar refractivity (Wildman–Crippen MR) is 78.5 cm³/mol. The van der Waals surface area contributed by atoms with Gasteiger partial charge in [0.05, 0.1) is 11.6 Å². The molecule has 2 aromatic rings. The molecule has 0 heterocycles. The van der Waals surface area contributed by atoms with Gasteiger partial charge in [-0.3, -0.25) is 0 Å². The van der Waals surface area contributed by atoms with Crippen molar-refractivity contribution in [2.75, 3.05) is 7.05 Å². The van der Waals surface area contributed by atoms with Crippen LogP contribution in [0.25, 0.3) is 0 Å². The molecule has 0 saturated heterocycles. The predicted octanol–water partition coefficient (Wildman–Crippen LogP) is 4.98. The third-order valence-corrected chi connectivity index (χ3v) is 3.45. The van der Waals surface area contributed by atoms with Crippen molar-refractivity contribution in [1.82, 2.24) is 5.32 Å². The number of benzene rings is 2. The van der Waals surface area contributed by atoms with Gasteiger partial charge in [0.15, 0.2) is 0 Å². The molecule has 0 spiro atoms. The summed E-state index contributed by atoms with van der Waals surface area (Å²) in [5.41, 5.74) is 1.69. The second-order valence-electron chi connectivity index (χ2n) is 4.91. The second kappa shape index (κ2) is 6.08. The fourth-order valence-corrected chi connectivity index (χ4v) is 2.65. The van der Waals surface area contributed by atoms with E-state index < -0.39 is 11.7 Å². The van der Waals surface area contributed by atoms with E-state index >= 15 is 0 Å². The maximum absolute atomic E-state index is 12.8. The van der Waals surface area contributed by atoms with Crippen LogP contribution in [0.4, 0.5) is 13.2 Å². The van der Waals surface area contributed by atoms with Gasteiger partial charge in [-0.15, -0.1) is 0 Å². The van der Waals surface area contributed by atoms with Gasteiger partial charge in [0.25, 0.3) is 0 Å². The van der Waals surface area contributed by atoms with Gasteiger partial charge in [-0.1, -0.05) is 29.8 Å². The fourth-order valence-electron chi connectivity index (χ4n) is 2.35. The molecule has 5 heteroatoms. The highest BCUT2D eigenvalue weighted by atomic mass is 35.5. The Morgan fingerprint density at radius 3 is 2.33 bits per heavy atom. The third kappa shape index (κ3) is 3.77. The molecule has 0 saturated carbocycles. The van der Waals surface area contributed by atoms with Gasteiger partial charge in [-0.25, -0.2) is 0 Å². The molecule has 2 rings (SSSR count). The molecule has 0 fully saturated rings. The SMILES string of the molecule is CNC(c1cc(C)cc(Cl)c1)c1cccc(C(F)(F)F)c1. The topological polar surface area (TPSA) is 12.0 Å². The first-order chi connectivity index (χ1) is 9.81. The van der Waals surface area contributed by atoms with Crippen molar-refractivity contribution in [2.45, 2.75) is 19.1 Å². The first-order valence-corrected chi connectivity index (χ1v) is 6.80. The van der Waals surface area contributed by atoms with Gasteiger partial charge in [-0.05, 0) is 54.9 Å². The van der Waals surface area contributed by atoms with Crippen molar-refractivity contribution in [3.05, 3.63) is 69.7 Å². The van der Waals surface area contributed by atoms with Crippen molar-refractivity contribution in [1.29, 1.82) is 0 Å². The Labute approximate surface area is 126 Å².